The summed E-state index contributed by atoms with van der Waals surface area (Å²) in [6, 6.07) is 4.20. The molecule has 0 saturated heterocycles. The van der Waals surface area contributed by atoms with Gasteiger partial charge in [-0.1, -0.05) is 13.0 Å². The van der Waals surface area contributed by atoms with Crippen LogP contribution in [0.15, 0.2) is 29.9 Å². The van der Waals surface area contributed by atoms with E-state index in [0.717, 1.165) is 25.2 Å². The van der Waals surface area contributed by atoms with Gasteiger partial charge in [0.2, 0.25) is 0 Å². The van der Waals surface area contributed by atoms with Crippen LogP contribution in [0.5, 0.6) is 0 Å². The number of nitrogens with zero attached hydrogens (tertiary/aromatic N) is 2. The van der Waals surface area contributed by atoms with Crippen molar-refractivity contribution < 1.29 is 0 Å². The summed E-state index contributed by atoms with van der Waals surface area (Å²) in [6.07, 6.45) is 5.05. The van der Waals surface area contributed by atoms with Crippen LogP contribution in [0.2, 0.25) is 0 Å². The van der Waals surface area contributed by atoms with E-state index in [9.17, 15) is 0 Å². The molecule has 3 nitrogen and oxygen atoms in total. The zero-order valence-corrected chi connectivity index (χ0v) is 9.63. The highest BCUT2D eigenvalue weighted by Crippen LogP contribution is 2.12. The monoisotopic (exact) mass is 221 g/mol. The van der Waals surface area contributed by atoms with Crippen LogP contribution in [0, 0.1) is 0 Å². The van der Waals surface area contributed by atoms with Crippen LogP contribution in [-0.2, 0) is 13.1 Å². The summed E-state index contributed by atoms with van der Waals surface area (Å²) in [5.74, 6) is 0. The molecule has 80 valence electrons. The zero-order valence-electron chi connectivity index (χ0n) is 8.81. The maximum Gasteiger partial charge on any atom is 0.0729 e. The first kappa shape index (κ1) is 10.2. The number of aromatic nitrogens is 2. The quantitative estimate of drug-likeness (QED) is 0.841. The summed E-state index contributed by atoms with van der Waals surface area (Å²) in [5, 5.41) is 9.71. The molecule has 0 aliphatic carbocycles. The molecule has 1 N–H and O–H groups in total. The molecule has 0 spiro atoms. The molecule has 0 atom stereocenters. The highest BCUT2D eigenvalue weighted by atomic mass is 32.1. The second-order valence-corrected chi connectivity index (χ2v) is 4.46. The molecule has 4 heteroatoms. The van der Waals surface area contributed by atoms with Gasteiger partial charge in [-0.15, -0.1) is 11.3 Å². The normalized spacial score (nSPS) is 10.5. The Bertz CT molecular complexity index is 392. The van der Waals surface area contributed by atoms with Crippen molar-refractivity contribution in [1.29, 1.82) is 0 Å². The summed E-state index contributed by atoms with van der Waals surface area (Å²) < 4.78 is 1.97. The van der Waals surface area contributed by atoms with E-state index in [1.807, 2.05) is 10.9 Å². The van der Waals surface area contributed by atoms with Crippen LogP contribution < -0.4 is 5.32 Å². The van der Waals surface area contributed by atoms with Gasteiger partial charge in [0.25, 0.3) is 0 Å². The Hall–Kier alpha value is -1.29. The van der Waals surface area contributed by atoms with Crippen molar-refractivity contribution in [3.63, 3.8) is 0 Å². The maximum absolute atomic E-state index is 4.26. The van der Waals surface area contributed by atoms with Gasteiger partial charge in [0, 0.05) is 24.2 Å². The van der Waals surface area contributed by atoms with Crippen LogP contribution in [0.3, 0.4) is 0 Å². The average molecular weight is 221 g/mol. The minimum Gasteiger partial charge on any atom is -0.378 e. The lowest BCUT2D eigenvalue weighted by Gasteiger charge is -2.00. The van der Waals surface area contributed by atoms with Crippen LogP contribution in [-0.4, -0.2) is 9.78 Å². The number of thiophene rings is 1. The molecule has 0 aromatic carbocycles. The molecule has 0 aliphatic heterocycles. The third kappa shape index (κ3) is 2.83. The van der Waals surface area contributed by atoms with E-state index in [4.69, 9.17) is 0 Å². The van der Waals surface area contributed by atoms with E-state index in [-0.39, 0.29) is 0 Å². The smallest absolute Gasteiger partial charge is 0.0729 e. The zero-order chi connectivity index (χ0) is 10.5. The second kappa shape index (κ2) is 4.98. The van der Waals surface area contributed by atoms with Crippen molar-refractivity contribution in [2.45, 2.75) is 26.4 Å². The third-order valence-electron chi connectivity index (χ3n) is 2.13. The summed E-state index contributed by atoms with van der Waals surface area (Å²) >= 11 is 1.77. The van der Waals surface area contributed by atoms with Crippen LogP contribution in [0.25, 0.3) is 0 Å². The predicted molar refractivity (Wildman–Crippen MR) is 64.2 cm³/mol. The van der Waals surface area contributed by atoms with Crippen molar-refractivity contribution in [2.24, 2.45) is 0 Å². The van der Waals surface area contributed by atoms with Crippen molar-refractivity contribution in [3.8, 4) is 0 Å². The maximum atomic E-state index is 4.26. The van der Waals surface area contributed by atoms with Crippen LogP contribution in [0.1, 0.15) is 18.2 Å². The lowest BCUT2D eigenvalue weighted by atomic mass is 10.4. The van der Waals surface area contributed by atoms with Crippen molar-refractivity contribution >= 4 is 17.0 Å². The van der Waals surface area contributed by atoms with E-state index < -0.39 is 0 Å². The molecule has 0 aliphatic rings. The topological polar surface area (TPSA) is 29.9 Å². The van der Waals surface area contributed by atoms with Crippen molar-refractivity contribution in [2.75, 3.05) is 5.32 Å². The van der Waals surface area contributed by atoms with E-state index in [1.54, 1.807) is 11.3 Å². The molecular formula is C11H15N3S. The Balaban J connectivity index is 1.88. The molecule has 2 heterocycles. The van der Waals surface area contributed by atoms with E-state index >= 15 is 0 Å². The van der Waals surface area contributed by atoms with Gasteiger partial charge in [0.05, 0.1) is 11.9 Å². The summed E-state index contributed by atoms with van der Waals surface area (Å²) in [4.78, 5) is 1.35. The molecule has 0 radical (unpaired) electrons. The fourth-order valence-corrected chi connectivity index (χ4v) is 2.05. The summed E-state index contributed by atoms with van der Waals surface area (Å²) in [6.45, 7) is 4.02. The Labute approximate surface area is 93.7 Å². The highest BCUT2D eigenvalue weighted by molar-refractivity contribution is 7.09. The fraction of sp³-hybridized carbons (Fsp3) is 0.364. The molecule has 2 rings (SSSR count). The number of aryl methyl sites for hydroxylation is 1. The SMILES string of the molecule is CCCn1cc(NCc2cccs2)cn1. The Kier molecular flexibility index (Phi) is 3.40. The van der Waals surface area contributed by atoms with Gasteiger partial charge in [-0.25, -0.2) is 0 Å². The third-order valence-corrected chi connectivity index (χ3v) is 3.01. The lowest BCUT2D eigenvalue weighted by Crippen LogP contribution is -1.97. The van der Waals surface area contributed by atoms with Gasteiger partial charge >= 0.3 is 0 Å². The first-order chi connectivity index (χ1) is 7.38. The number of nitrogens with one attached hydrogen (secondary N) is 1. The van der Waals surface area contributed by atoms with Gasteiger partial charge in [-0.2, -0.15) is 5.10 Å². The first-order valence-corrected chi connectivity index (χ1v) is 6.05. The average Bonchev–Trinajstić information content (AvgIpc) is 2.85. The minimum absolute atomic E-state index is 0.884. The number of hydrogen-bond donors (Lipinski definition) is 1. The van der Waals surface area contributed by atoms with Crippen LogP contribution >= 0.6 is 11.3 Å². The van der Waals surface area contributed by atoms with E-state index in [2.05, 4.69) is 41.0 Å². The Morgan fingerprint density at radius 3 is 3.20 bits per heavy atom. The van der Waals surface area contributed by atoms with Crippen molar-refractivity contribution in [1.82, 2.24) is 9.78 Å². The standard InChI is InChI=1S/C11H15N3S/c1-2-5-14-9-10(7-13-14)12-8-11-4-3-6-15-11/h3-4,6-7,9,12H,2,5,8H2,1H3. The van der Waals surface area contributed by atoms with Crippen molar-refractivity contribution in [3.05, 3.63) is 34.8 Å². The Morgan fingerprint density at radius 1 is 1.53 bits per heavy atom. The van der Waals surface area contributed by atoms with Gasteiger partial charge < -0.3 is 5.32 Å². The lowest BCUT2D eigenvalue weighted by molar-refractivity contribution is 0.603. The summed E-state index contributed by atoms with van der Waals surface area (Å²) in [5.41, 5.74) is 1.09. The van der Waals surface area contributed by atoms with Gasteiger partial charge in [-0.3, -0.25) is 4.68 Å². The predicted octanol–water partition coefficient (Wildman–Crippen LogP) is 2.97. The molecule has 0 bridgehead atoms. The van der Waals surface area contributed by atoms with E-state index in [0.29, 0.717) is 0 Å². The van der Waals surface area contributed by atoms with Gasteiger partial charge in [0.15, 0.2) is 0 Å². The molecule has 0 saturated carbocycles. The largest absolute Gasteiger partial charge is 0.378 e. The molecule has 0 unspecified atom stereocenters. The molecule has 15 heavy (non-hydrogen) atoms. The molecule has 2 aromatic heterocycles. The highest BCUT2D eigenvalue weighted by Gasteiger charge is 1.97. The van der Waals surface area contributed by atoms with E-state index in [1.165, 1.54) is 4.88 Å². The second-order valence-electron chi connectivity index (χ2n) is 3.43. The minimum atomic E-state index is 0.884. The number of rotatable bonds is 5. The molecule has 2 aromatic rings. The van der Waals surface area contributed by atoms with Gasteiger partial charge in [-0.05, 0) is 17.9 Å². The molecule has 0 amide bonds. The molecule has 0 fully saturated rings. The number of anilines is 1. The Morgan fingerprint density at radius 2 is 2.47 bits per heavy atom. The molecular weight excluding hydrogens is 206 g/mol. The van der Waals surface area contributed by atoms with Crippen LogP contribution in [0.4, 0.5) is 5.69 Å². The fourth-order valence-electron chi connectivity index (χ4n) is 1.41. The van der Waals surface area contributed by atoms with Gasteiger partial charge in [0.1, 0.15) is 0 Å². The summed E-state index contributed by atoms with van der Waals surface area (Å²) in [7, 11) is 0. The number of hydrogen-bond acceptors (Lipinski definition) is 3. The first-order valence-electron chi connectivity index (χ1n) is 5.17.